The molecule has 1 atom stereocenters. The minimum atomic E-state index is -1.06. The van der Waals surface area contributed by atoms with Gasteiger partial charge in [0.2, 0.25) is 0 Å². The van der Waals surface area contributed by atoms with Gasteiger partial charge < -0.3 is 14.6 Å². The number of aromatic nitrogens is 1. The molecule has 0 aliphatic heterocycles. The first-order chi connectivity index (χ1) is 17.5. The number of halogens is 1. The summed E-state index contributed by atoms with van der Waals surface area (Å²) in [6, 6.07) is 22.7. The molecule has 0 aliphatic carbocycles. The van der Waals surface area contributed by atoms with Gasteiger partial charge in [-0.25, -0.2) is 9.78 Å². The summed E-state index contributed by atoms with van der Waals surface area (Å²) in [5, 5.41) is 11.3. The fourth-order valence-corrected chi connectivity index (χ4v) is 4.85. The largest absolute Gasteiger partial charge is 0.497 e. The van der Waals surface area contributed by atoms with Crippen LogP contribution in [0.4, 0.5) is 0 Å². The second-order valence-corrected chi connectivity index (χ2v) is 9.91. The summed E-state index contributed by atoms with van der Waals surface area (Å²) >= 11 is 7.86. The lowest BCUT2D eigenvalue weighted by Gasteiger charge is -2.19. The quantitative estimate of drug-likeness (QED) is 0.232. The summed E-state index contributed by atoms with van der Waals surface area (Å²) in [4.78, 5) is 16.4. The summed E-state index contributed by atoms with van der Waals surface area (Å²) in [7, 11) is 1.50. The van der Waals surface area contributed by atoms with Crippen LogP contribution in [-0.4, -0.2) is 35.5 Å². The van der Waals surface area contributed by atoms with Crippen molar-refractivity contribution in [3.63, 3.8) is 0 Å². The van der Waals surface area contributed by atoms with E-state index in [1.807, 2.05) is 54.6 Å². The van der Waals surface area contributed by atoms with Crippen LogP contribution in [0.15, 0.2) is 72.8 Å². The third-order valence-corrected chi connectivity index (χ3v) is 6.96. The highest BCUT2D eigenvalue weighted by Gasteiger charge is 2.17. The minimum absolute atomic E-state index is 0.0352. The molecule has 5 nitrogen and oxygen atoms in total. The van der Waals surface area contributed by atoms with Crippen LogP contribution in [0.1, 0.15) is 39.4 Å². The summed E-state index contributed by atoms with van der Waals surface area (Å²) in [5.74, 6) is 0.637. The first-order valence-electron chi connectivity index (χ1n) is 11.5. The van der Waals surface area contributed by atoms with Crippen molar-refractivity contribution >= 4 is 52.4 Å². The van der Waals surface area contributed by atoms with E-state index in [2.05, 4.69) is 24.0 Å². The molecule has 0 aliphatic rings. The molecule has 0 amide bonds. The van der Waals surface area contributed by atoms with Crippen molar-refractivity contribution in [3.05, 3.63) is 100 Å². The highest BCUT2D eigenvalue weighted by molar-refractivity contribution is 7.99. The molecule has 3 aromatic carbocycles. The zero-order chi connectivity index (χ0) is 25.5. The Morgan fingerprint density at radius 1 is 1.08 bits per heavy atom. The van der Waals surface area contributed by atoms with E-state index in [9.17, 15) is 9.90 Å². The van der Waals surface area contributed by atoms with Gasteiger partial charge in [0.25, 0.3) is 0 Å². The van der Waals surface area contributed by atoms with Crippen LogP contribution in [0.3, 0.4) is 0 Å². The zero-order valence-corrected chi connectivity index (χ0v) is 21.6. The Labute approximate surface area is 219 Å². The highest BCUT2D eigenvalue weighted by Crippen LogP contribution is 2.32. The number of nitrogens with zero attached hydrogens (tertiary/aromatic N) is 1. The summed E-state index contributed by atoms with van der Waals surface area (Å²) in [5.41, 5.74) is 3.92. The first kappa shape index (κ1) is 25.6. The van der Waals surface area contributed by atoms with Crippen molar-refractivity contribution in [2.24, 2.45) is 0 Å². The number of carbonyl (C=O) groups is 1. The van der Waals surface area contributed by atoms with Gasteiger partial charge in [0.15, 0.2) is 0 Å². The van der Waals surface area contributed by atoms with Gasteiger partial charge >= 0.3 is 5.97 Å². The number of methoxy groups -OCH3 is 1. The Morgan fingerprint density at radius 2 is 1.92 bits per heavy atom. The number of pyridine rings is 1. The van der Waals surface area contributed by atoms with Crippen LogP contribution < -0.4 is 9.47 Å². The molecular formula is C29H26ClNO4S. The summed E-state index contributed by atoms with van der Waals surface area (Å²) < 4.78 is 11.1. The van der Waals surface area contributed by atoms with E-state index in [-0.39, 0.29) is 10.8 Å². The fraction of sp³-hybridized carbons (Fsp3) is 0.172. The van der Waals surface area contributed by atoms with E-state index in [1.54, 1.807) is 23.9 Å². The topological polar surface area (TPSA) is 68.7 Å². The second-order valence-electron chi connectivity index (χ2n) is 8.00. The standard InChI is InChI=1S/C29H26ClNO4S/c1-3-36-28(18-35-27-14-13-24(34-2)17-25(27)29(32)33)21-6-4-5-19(15-21)7-11-23-12-9-20-8-10-22(30)16-26(20)31-23/h4-17,28H,3,18H2,1-2H3,(H,32,33)/b11-7+. The van der Waals surface area contributed by atoms with Crippen molar-refractivity contribution in [2.75, 3.05) is 19.5 Å². The summed E-state index contributed by atoms with van der Waals surface area (Å²) in [6.45, 7) is 2.43. The maximum atomic E-state index is 11.7. The van der Waals surface area contributed by atoms with Crippen molar-refractivity contribution < 1.29 is 19.4 Å². The molecule has 1 aromatic heterocycles. The molecule has 7 heteroatoms. The number of rotatable bonds is 10. The molecule has 36 heavy (non-hydrogen) atoms. The maximum absolute atomic E-state index is 11.7. The van der Waals surface area contributed by atoms with Crippen molar-refractivity contribution in [1.82, 2.24) is 4.98 Å². The Kier molecular flexibility index (Phi) is 8.52. The number of hydrogen-bond donors (Lipinski definition) is 1. The number of fused-ring (bicyclic) bond motifs is 1. The van der Waals surface area contributed by atoms with Crippen LogP contribution in [0.5, 0.6) is 11.5 Å². The van der Waals surface area contributed by atoms with E-state index < -0.39 is 5.97 Å². The Morgan fingerprint density at radius 3 is 2.69 bits per heavy atom. The van der Waals surface area contributed by atoms with Gasteiger partial charge in [0.05, 0.1) is 23.6 Å². The lowest BCUT2D eigenvalue weighted by molar-refractivity contribution is 0.0692. The predicted octanol–water partition coefficient (Wildman–Crippen LogP) is 7.64. The Hall–Kier alpha value is -3.48. The summed E-state index contributed by atoms with van der Waals surface area (Å²) in [6.07, 6.45) is 4.01. The monoisotopic (exact) mass is 519 g/mol. The average Bonchev–Trinajstić information content (AvgIpc) is 2.89. The molecular weight excluding hydrogens is 494 g/mol. The van der Waals surface area contributed by atoms with Crippen molar-refractivity contribution in [3.8, 4) is 11.5 Å². The SMILES string of the molecule is CCSC(COc1ccc(OC)cc1C(=O)O)c1cccc(/C=C/c2ccc3ccc(Cl)cc3n2)c1. The van der Waals surface area contributed by atoms with Crippen molar-refractivity contribution in [1.29, 1.82) is 0 Å². The number of hydrogen-bond acceptors (Lipinski definition) is 5. The van der Waals surface area contributed by atoms with Crippen LogP contribution in [0.25, 0.3) is 23.1 Å². The molecule has 0 fully saturated rings. The van der Waals surface area contributed by atoms with Gasteiger partial charge in [0.1, 0.15) is 23.7 Å². The van der Waals surface area contributed by atoms with E-state index in [0.29, 0.717) is 23.1 Å². The van der Waals surface area contributed by atoms with Gasteiger partial charge in [-0.05, 0) is 59.4 Å². The van der Waals surface area contributed by atoms with E-state index in [0.717, 1.165) is 33.5 Å². The third-order valence-electron chi connectivity index (χ3n) is 5.58. The highest BCUT2D eigenvalue weighted by atomic mass is 35.5. The van der Waals surface area contributed by atoms with Gasteiger partial charge in [-0.1, -0.05) is 61.0 Å². The molecule has 1 heterocycles. The lowest BCUT2D eigenvalue weighted by Crippen LogP contribution is -2.11. The molecule has 4 aromatic rings. The molecule has 4 rings (SSSR count). The van der Waals surface area contributed by atoms with Gasteiger partial charge in [-0.15, -0.1) is 0 Å². The minimum Gasteiger partial charge on any atom is -0.497 e. The third kappa shape index (κ3) is 6.39. The molecule has 0 bridgehead atoms. The van der Waals surface area contributed by atoms with Gasteiger partial charge in [-0.2, -0.15) is 11.8 Å². The van der Waals surface area contributed by atoms with E-state index in [1.165, 1.54) is 13.2 Å². The molecule has 1 N–H and O–H groups in total. The molecule has 0 radical (unpaired) electrons. The predicted molar refractivity (Wildman–Crippen MR) is 148 cm³/mol. The van der Waals surface area contributed by atoms with Crippen molar-refractivity contribution in [2.45, 2.75) is 12.2 Å². The number of carboxylic acid groups (broad SMARTS) is 1. The van der Waals surface area contributed by atoms with Gasteiger partial charge in [-0.3, -0.25) is 0 Å². The van der Waals surface area contributed by atoms with E-state index in [4.69, 9.17) is 21.1 Å². The second kappa shape index (κ2) is 12.0. The van der Waals surface area contributed by atoms with Crippen LogP contribution in [0.2, 0.25) is 5.02 Å². The first-order valence-corrected chi connectivity index (χ1v) is 12.9. The fourth-order valence-electron chi connectivity index (χ4n) is 3.78. The number of thioether (sulfide) groups is 1. The number of benzene rings is 3. The maximum Gasteiger partial charge on any atom is 0.339 e. The zero-order valence-electron chi connectivity index (χ0n) is 20.0. The number of aromatic carboxylic acids is 1. The average molecular weight is 520 g/mol. The molecule has 0 spiro atoms. The number of carboxylic acids is 1. The molecule has 0 saturated heterocycles. The van der Waals surface area contributed by atoms with Crippen LogP contribution in [0, 0.1) is 0 Å². The normalized spacial score (nSPS) is 12.1. The lowest BCUT2D eigenvalue weighted by atomic mass is 10.1. The molecule has 1 unspecified atom stereocenters. The Balaban J connectivity index is 1.52. The van der Waals surface area contributed by atoms with E-state index >= 15 is 0 Å². The molecule has 184 valence electrons. The Bertz CT molecular complexity index is 1410. The van der Waals surface area contributed by atoms with Crippen LogP contribution in [-0.2, 0) is 0 Å². The number of ether oxygens (including phenoxy) is 2. The van der Waals surface area contributed by atoms with Gasteiger partial charge in [0, 0.05) is 10.4 Å². The molecule has 0 saturated carbocycles. The smallest absolute Gasteiger partial charge is 0.339 e. The van der Waals surface area contributed by atoms with Crippen LogP contribution >= 0.6 is 23.4 Å².